The van der Waals surface area contributed by atoms with Gasteiger partial charge in [-0.15, -0.1) is 12.3 Å². The molecular formula is C24H39N3O4. The summed E-state index contributed by atoms with van der Waals surface area (Å²) in [6.07, 6.45) is 8.56. The fraction of sp³-hybridized carbons (Fsp3) is 0.708. The molecule has 0 bridgehead atoms. The lowest BCUT2D eigenvalue weighted by Gasteiger charge is -2.40. The molecule has 0 aliphatic carbocycles. The number of carbonyl (C=O) groups is 3. The molecule has 1 rings (SSSR count). The van der Waals surface area contributed by atoms with Crippen molar-refractivity contribution >= 4 is 17.8 Å². The molecule has 0 aromatic carbocycles. The molecule has 0 spiro atoms. The second-order valence-electron chi connectivity index (χ2n) is 10.0. The summed E-state index contributed by atoms with van der Waals surface area (Å²) in [4.78, 5) is 41.4. The van der Waals surface area contributed by atoms with E-state index in [9.17, 15) is 19.5 Å². The maximum Gasteiger partial charge on any atom is 0.331 e. The second-order valence-corrected chi connectivity index (χ2v) is 10.0. The minimum absolute atomic E-state index is 0.00439. The van der Waals surface area contributed by atoms with E-state index in [1.54, 1.807) is 18.0 Å². The van der Waals surface area contributed by atoms with Crippen molar-refractivity contribution in [2.75, 3.05) is 20.6 Å². The van der Waals surface area contributed by atoms with Crippen LogP contribution in [0.1, 0.15) is 54.4 Å². The van der Waals surface area contributed by atoms with Crippen LogP contribution in [0, 0.1) is 29.6 Å². The fourth-order valence-corrected chi connectivity index (χ4v) is 3.93. The summed E-state index contributed by atoms with van der Waals surface area (Å²) in [5.74, 6) is 1.46. The van der Waals surface area contributed by atoms with Crippen molar-refractivity contribution in [2.24, 2.45) is 17.3 Å². The summed E-state index contributed by atoms with van der Waals surface area (Å²) < 4.78 is 0. The number of carboxylic acid groups (broad SMARTS) is 1. The van der Waals surface area contributed by atoms with Gasteiger partial charge in [-0.2, -0.15) is 0 Å². The Balaban J connectivity index is 3.09. The van der Waals surface area contributed by atoms with Crippen LogP contribution in [0.4, 0.5) is 0 Å². The third-order valence-electron chi connectivity index (χ3n) is 6.00. The maximum atomic E-state index is 13.5. The van der Waals surface area contributed by atoms with E-state index in [0.29, 0.717) is 13.0 Å². The minimum Gasteiger partial charge on any atom is -0.478 e. The molecule has 0 aromatic rings. The molecule has 1 fully saturated rings. The van der Waals surface area contributed by atoms with Gasteiger partial charge in [0.2, 0.25) is 11.8 Å². The van der Waals surface area contributed by atoms with Crippen LogP contribution >= 0.6 is 0 Å². The average Bonchev–Trinajstić information content (AvgIpc) is 2.67. The number of rotatable bonds is 7. The van der Waals surface area contributed by atoms with Crippen LogP contribution in [0.3, 0.4) is 0 Å². The molecule has 2 N–H and O–H groups in total. The number of nitrogens with one attached hydrogen (secondary N) is 1. The maximum absolute atomic E-state index is 13.5. The molecule has 4 atom stereocenters. The zero-order valence-electron chi connectivity index (χ0n) is 20.2. The zero-order chi connectivity index (χ0) is 24.1. The molecule has 174 valence electrons. The van der Waals surface area contributed by atoms with E-state index in [4.69, 9.17) is 6.42 Å². The molecule has 31 heavy (non-hydrogen) atoms. The summed E-state index contributed by atoms with van der Waals surface area (Å²) in [6.45, 7) is 11.8. The number of terminal acetylenes is 1. The van der Waals surface area contributed by atoms with Gasteiger partial charge in [0.15, 0.2) is 0 Å². The highest BCUT2D eigenvalue weighted by Gasteiger charge is 2.39. The first kappa shape index (κ1) is 26.7. The normalized spacial score (nSPS) is 22.4. The van der Waals surface area contributed by atoms with Gasteiger partial charge < -0.3 is 15.3 Å². The van der Waals surface area contributed by atoms with E-state index >= 15 is 0 Å². The van der Waals surface area contributed by atoms with Crippen LogP contribution in [-0.4, -0.2) is 71.5 Å². The Kier molecular flexibility index (Phi) is 9.31. The predicted molar refractivity (Wildman–Crippen MR) is 122 cm³/mol. The van der Waals surface area contributed by atoms with Gasteiger partial charge in [-0.1, -0.05) is 40.7 Å². The molecule has 0 saturated carbocycles. The van der Waals surface area contributed by atoms with Gasteiger partial charge in [0.05, 0.1) is 12.1 Å². The number of hydrogen-bond acceptors (Lipinski definition) is 4. The van der Waals surface area contributed by atoms with Crippen molar-refractivity contribution in [3.63, 3.8) is 0 Å². The lowest BCUT2D eigenvalue weighted by molar-refractivity contribution is -0.141. The number of likely N-dealkylation sites (N-methyl/N-ethyl adjacent to an activating group) is 2. The van der Waals surface area contributed by atoms with Crippen LogP contribution in [0.5, 0.6) is 0 Å². The highest BCUT2D eigenvalue weighted by Crippen LogP contribution is 2.25. The number of carboxylic acids is 1. The SMILES string of the molecule is C#CC1CCC(C(=O)NC(C(=O)N(C)[C@H](/C=C(\C)C(=O)O)C(C)C)C(C)(C)C)N(C)C1. The van der Waals surface area contributed by atoms with Crippen LogP contribution in [-0.2, 0) is 14.4 Å². The Labute approximate surface area is 187 Å². The molecular weight excluding hydrogens is 394 g/mol. The van der Waals surface area contributed by atoms with Crippen LogP contribution in [0.2, 0.25) is 0 Å². The van der Waals surface area contributed by atoms with Gasteiger partial charge in [0.1, 0.15) is 6.04 Å². The minimum atomic E-state index is -1.02. The Bertz CT molecular complexity index is 745. The van der Waals surface area contributed by atoms with Gasteiger partial charge in [-0.25, -0.2) is 4.79 Å². The number of likely N-dealkylation sites (tertiary alicyclic amines) is 1. The highest BCUT2D eigenvalue weighted by molar-refractivity contribution is 5.91. The van der Waals surface area contributed by atoms with E-state index in [0.717, 1.165) is 6.42 Å². The lowest BCUT2D eigenvalue weighted by Crippen LogP contribution is -2.60. The van der Waals surface area contributed by atoms with Crippen molar-refractivity contribution in [2.45, 2.75) is 72.5 Å². The number of amides is 2. The fourth-order valence-electron chi connectivity index (χ4n) is 3.93. The summed E-state index contributed by atoms with van der Waals surface area (Å²) in [6, 6.07) is -1.48. The van der Waals surface area contributed by atoms with E-state index in [2.05, 4.69) is 11.2 Å². The van der Waals surface area contributed by atoms with Crippen LogP contribution in [0.25, 0.3) is 0 Å². The molecule has 1 heterocycles. The average molecular weight is 434 g/mol. The lowest BCUT2D eigenvalue weighted by atomic mass is 9.84. The van der Waals surface area contributed by atoms with Crippen molar-refractivity contribution in [3.8, 4) is 12.3 Å². The summed E-state index contributed by atoms with van der Waals surface area (Å²) in [5.41, 5.74) is -0.343. The number of aliphatic carboxylic acids is 1. The molecule has 1 saturated heterocycles. The van der Waals surface area contributed by atoms with Crippen molar-refractivity contribution in [3.05, 3.63) is 11.6 Å². The number of carbonyl (C=O) groups excluding carboxylic acids is 2. The highest BCUT2D eigenvalue weighted by atomic mass is 16.4. The van der Waals surface area contributed by atoms with E-state index in [-0.39, 0.29) is 35.3 Å². The molecule has 1 aliphatic heterocycles. The predicted octanol–water partition coefficient (Wildman–Crippen LogP) is 2.37. The first-order chi connectivity index (χ1) is 14.2. The Morgan fingerprint density at radius 1 is 1.26 bits per heavy atom. The summed E-state index contributed by atoms with van der Waals surface area (Å²) in [5, 5.41) is 12.2. The Morgan fingerprint density at radius 2 is 1.84 bits per heavy atom. The van der Waals surface area contributed by atoms with Gasteiger partial charge >= 0.3 is 5.97 Å². The monoisotopic (exact) mass is 433 g/mol. The smallest absolute Gasteiger partial charge is 0.331 e. The topological polar surface area (TPSA) is 90.0 Å². The Morgan fingerprint density at radius 3 is 2.26 bits per heavy atom. The van der Waals surface area contributed by atoms with Crippen molar-refractivity contribution in [1.82, 2.24) is 15.1 Å². The number of piperidine rings is 1. The van der Waals surface area contributed by atoms with E-state index < -0.39 is 23.5 Å². The first-order valence-corrected chi connectivity index (χ1v) is 10.9. The molecule has 1 aliphatic rings. The van der Waals surface area contributed by atoms with Crippen LogP contribution in [0.15, 0.2) is 11.6 Å². The quantitative estimate of drug-likeness (QED) is 0.475. The number of nitrogens with zero attached hydrogens (tertiary/aromatic N) is 2. The third kappa shape index (κ3) is 7.10. The molecule has 0 radical (unpaired) electrons. The van der Waals surface area contributed by atoms with E-state index in [1.165, 1.54) is 6.92 Å². The number of hydrogen-bond donors (Lipinski definition) is 2. The van der Waals surface area contributed by atoms with Gasteiger partial charge in [-0.05, 0) is 38.1 Å². The van der Waals surface area contributed by atoms with Gasteiger partial charge in [-0.3, -0.25) is 14.5 Å². The van der Waals surface area contributed by atoms with Crippen molar-refractivity contribution < 1.29 is 19.5 Å². The largest absolute Gasteiger partial charge is 0.478 e. The van der Waals surface area contributed by atoms with Crippen LogP contribution < -0.4 is 5.32 Å². The van der Waals surface area contributed by atoms with Gasteiger partial charge in [0, 0.05) is 25.1 Å². The second kappa shape index (κ2) is 10.8. The third-order valence-corrected chi connectivity index (χ3v) is 6.00. The molecule has 2 amide bonds. The molecule has 7 heteroatoms. The molecule has 0 aromatic heterocycles. The standard InChI is InChI=1S/C24H39N3O4/c1-10-17-11-12-18(26(8)14-17)21(28)25-20(24(5,6)7)22(29)27(9)19(15(2)3)13-16(4)23(30)31/h1,13,15,17-20H,11-12,14H2,2-9H3,(H,25,28)(H,30,31)/b16-13+/t17?,18?,19-,20?/m1/s1. The van der Waals surface area contributed by atoms with Crippen molar-refractivity contribution in [1.29, 1.82) is 0 Å². The zero-order valence-corrected chi connectivity index (χ0v) is 20.2. The molecule has 3 unspecified atom stereocenters. The first-order valence-electron chi connectivity index (χ1n) is 10.9. The summed E-state index contributed by atoms with van der Waals surface area (Å²) >= 11 is 0. The Hall–Kier alpha value is -2.33. The van der Waals surface area contributed by atoms with E-state index in [1.807, 2.05) is 46.6 Å². The summed E-state index contributed by atoms with van der Waals surface area (Å²) in [7, 11) is 3.54. The molecule has 7 nitrogen and oxygen atoms in total. The van der Waals surface area contributed by atoms with Gasteiger partial charge in [0.25, 0.3) is 0 Å².